The van der Waals surface area contributed by atoms with E-state index >= 15 is 0 Å². The second kappa shape index (κ2) is 9.68. The van der Waals surface area contributed by atoms with Gasteiger partial charge in [-0.05, 0) is 24.5 Å². The molecule has 0 aromatic heterocycles. The number of amides is 1. The van der Waals surface area contributed by atoms with Crippen LogP contribution in [0.25, 0.3) is 0 Å². The van der Waals surface area contributed by atoms with E-state index < -0.39 is 10.9 Å². The van der Waals surface area contributed by atoms with Crippen molar-refractivity contribution in [3.8, 4) is 0 Å². The first-order valence-electron chi connectivity index (χ1n) is 9.50. The lowest BCUT2D eigenvalue weighted by Crippen LogP contribution is -2.42. The van der Waals surface area contributed by atoms with Gasteiger partial charge in [0.1, 0.15) is 18.8 Å². The average Bonchev–Trinajstić information content (AvgIpc) is 2.77. The topological polar surface area (TPSA) is 102 Å². The molecule has 0 bridgehead atoms. The van der Waals surface area contributed by atoms with Crippen LogP contribution >= 0.6 is 0 Å². The number of hydrogen-bond donors (Lipinski definition) is 1. The van der Waals surface area contributed by atoms with Crippen molar-refractivity contribution >= 4 is 23.3 Å². The molecule has 1 saturated heterocycles. The van der Waals surface area contributed by atoms with Gasteiger partial charge in [0.2, 0.25) is 5.91 Å². The quantitative estimate of drug-likeness (QED) is 0.438. The van der Waals surface area contributed by atoms with Crippen molar-refractivity contribution in [2.45, 2.75) is 19.4 Å². The molecular formula is C21H23N3O5. The number of rotatable bonds is 7. The van der Waals surface area contributed by atoms with Crippen molar-refractivity contribution in [3.05, 3.63) is 70.3 Å². The van der Waals surface area contributed by atoms with Crippen molar-refractivity contribution < 1.29 is 19.2 Å². The van der Waals surface area contributed by atoms with Crippen molar-refractivity contribution in [1.82, 2.24) is 5.32 Å². The minimum absolute atomic E-state index is 0.0663. The number of carbonyl (C=O) groups excluding carboxylic acids is 2. The first kappa shape index (κ1) is 20.3. The van der Waals surface area contributed by atoms with E-state index in [4.69, 9.17) is 4.74 Å². The molecule has 8 heteroatoms. The number of nitro groups is 1. The number of esters is 1. The summed E-state index contributed by atoms with van der Waals surface area (Å²) in [6.45, 7) is 1.09. The summed E-state index contributed by atoms with van der Waals surface area (Å²) in [7, 11) is 0. The summed E-state index contributed by atoms with van der Waals surface area (Å²) in [5.74, 6) is -0.903. The molecule has 1 heterocycles. The standard InChI is InChI=1S/C21H23N3O5/c25-20(29-15-16-6-2-1-3-7-16)14-22-21(26)17-10-12-23(13-11-17)18-8-4-5-9-19(18)24(27)28/h1-9,17H,10-15H2,(H,22,26). The third-order valence-corrected chi connectivity index (χ3v) is 4.93. The van der Waals surface area contributed by atoms with Crippen LogP contribution in [0, 0.1) is 16.0 Å². The predicted molar refractivity (Wildman–Crippen MR) is 107 cm³/mol. The molecular weight excluding hydrogens is 374 g/mol. The molecule has 0 unspecified atom stereocenters. The number of carbonyl (C=O) groups is 2. The lowest BCUT2D eigenvalue weighted by molar-refractivity contribution is -0.384. The highest BCUT2D eigenvalue weighted by atomic mass is 16.6. The molecule has 0 atom stereocenters. The fourth-order valence-electron chi connectivity index (χ4n) is 3.36. The van der Waals surface area contributed by atoms with E-state index in [0.717, 1.165) is 5.56 Å². The molecule has 1 aliphatic rings. The maximum atomic E-state index is 12.3. The van der Waals surface area contributed by atoms with Gasteiger partial charge in [-0.1, -0.05) is 42.5 Å². The van der Waals surface area contributed by atoms with Gasteiger partial charge in [0.05, 0.1) is 4.92 Å². The van der Waals surface area contributed by atoms with E-state index in [-0.39, 0.29) is 30.7 Å². The van der Waals surface area contributed by atoms with Gasteiger partial charge in [0, 0.05) is 25.1 Å². The Hall–Kier alpha value is -3.42. The summed E-state index contributed by atoms with van der Waals surface area (Å²) in [6, 6.07) is 15.9. The first-order chi connectivity index (χ1) is 14.0. The zero-order valence-corrected chi connectivity index (χ0v) is 16.0. The molecule has 1 N–H and O–H groups in total. The maximum Gasteiger partial charge on any atom is 0.325 e. The van der Waals surface area contributed by atoms with E-state index in [1.807, 2.05) is 35.2 Å². The number of nitro benzene ring substituents is 1. The Bertz CT molecular complexity index is 864. The fraction of sp³-hybridized carbons (Fsp3) is 0.333. The molecule has 1 aliphatic heterocycles. The van der Waals surface area contributed by atoms with Crippen LogP contribution in [0.15, 0.2) is 54.6 Å². The number of para-hydroxylation sites is 2. The summed E-state index contributed by atoms with van der Waals surface area (Å²) < 4.78 is 5.15. The zero-order valence-electron chi connectivity index (χ0n) is 16.0. The summed E-state index contributed by atoms with van der Waals surface area (Å²) in [5, 5.41) is 13.8. The number of nitrogens with zero attached hydrogens (tertiary/aromatic N) is 2. The number of benzene rings is 2. The molecule has 0 spiro atoms. The Balaban J connectivity index is 1.43. The molecule has 2 aromatic carbocycles. The fourth-order valence-corrected chi connectivity index (χ4v) is 3.36. The second-order valence-corrected chi connectivity index (χ2v) is 6.87. The van der Waals surface area contributed by atoms with Crippen molar-refractivity contribution in [2.24, 2.45) is 5.92 Å². The van der Waals surface area contributed by atoms with Gasteiger partial charge in [0.15, 0.2) is 0 Å². The lowest BCUT2D eigenvalue weighted by atomic mass is 9.95. The molecule has 0 saturated carbocycles. The molecule has 3 rings (SSSR count). The molecule has 8 nitrogen and oxygen atoms in total. The summed E-state index contributed by atoms with van der Waals surface area (Å²) in [4.78, 5) is 36.9. The Morgan fingerprint density at radius 1 is 1.07 bits per heavy atom. The lowest BCUT2D eigenvalue weighted by Gasteiger charge is -2.32. The van der Waals surface area contributed by atoms with E-state index in [0.29, 0.717) is 31.6 Å². The number of piperidine rings is 1. The minimum Gasteiger partial charge on any atom is -0.460 e. The van der Waals surface area contributed by atoms with Crippen LogP contribution in [0.2, 0.25) is 0 Å². The smallest absolute Gasteiger partial charge is 0.325 e. The van der Waals surface area contributed by atoms with E-state index in [1.54, 1.807) is 18.2 Å². The molecule has 0 aliphatic carbocycles. The summed E-state index contributed by atoms with van der Waals surface area (Å²) >= 11 is 0. The molecule has 2 aromatic rings. The number of nitrogens with one attached hydrogen (secondary N) is 1. The Kier molecular flexibility index (Phi) is 6.78. The number of ether oxygens (including phenoxy) is 1. The normalized spacial score (nSPS) is 14.3. The second-order valence-electron chi connectivity index (χ2n) is 6.87. The summed E-state index contributed by atoms with van der Waals surface area (Å²) in [5.41, 5.74) is 1.52. The van der Waals surface area contributed by atoms with Gasteiger partial charge in [0.25, 0.3) is 5.69 Å². The van der Waals surface area contributed by atoms with E-state index in [1.165, 1.54) is 6.07 Å². The van der Waals surface area contributed by atoms with Crippen LogP contribution in [-0.2, 0) is 20.9 Å². The highest BCUT2D eigenvalue weighted by Gasteiger charge is 2.28. The summed E-state index contributed by atoms with van der Waals surface area (Å²) in [6.07, 6.45) is 1.13. The molecule has 152 valence electrons. The van der Waals surface area contributed by atoms with Crippen LogP contribution in [0.5, 0.6) is 0 Å². The first-order valence-corrected chi connectivity index (χ1v) is 9.50. The maximum absolute atomic E-state index is 12.3. The van der Waals surface area contributed by atoms with Gasteiger partial charge >= 0.3 is 5.97 Å². The van der Waals surface area contributed by atoms with Crippen molar-refractivity contribution in [1.29, 1.82) is 0 Å². The number of anilines is 1. The molecule has 0 radical (unpaired) electrons. The van der Waals surface area contributed by atoms with Crippen molar-refractivity contribution in [3.63, 3.8) is 0 Å². The zero-order chi connectivity index (χ0) is 20.6. The number of hydrogen-bond acceptors (Lipinski definition) is 6. The predicted octanol–water partition coefficient (Wildman–Crippen LogP) is 2.67. The van der Waals surface area contributed by atoms with Crippen molar-refractivity contribution in [2.75, 3.05) is 24.5 Å². The third kappa shape index (κ3) is 5.54. The van der Waals surface area contributed by atoms with Gasteiger partial charge in [-0.2, -0.15) is 0 Å². The van der Waals surface area contributed by atoms with Gasteiger partial charge in [-0.3, -0.25) is 19.7 Å². The Morgan fingerprint density at radius 2 is 1.72 bits per heavy atom. The highest BCUT2D eigenvalue weighted by molar-refractivity contribution is 5.83. The highest BCUT2D eigenvalue weighted by Crippen LogP contribution is 2.31. The van der Waals surface area contributed by atoms with Crippen LogP contribution < -0.4 is 10.2 Å². The Morgan fingerprint density at radius 3 is 2.41 bits per heavy atom. The Labute approximate surface area is 168 Å². The van der Waals surface area contributed by atoms with E-state index in [9.17, 15) is 19.7 Å². The van der Waals surface area contributed by atoms with E-state index in [2.05, 4.69) is 5.32 Å². The van der Waals surface area contributed by atoms with Gasteiger partial charge < -0.3 is 15.0 Å². The largest absolute Gasteiger partial charge is 0.460 e. The van der Waals surface area contributed by atoms with Crippen LogP contribution in [0.3, 0.4) is 0 Å². The average molecular weight is 397 g/mol. The van der Waals surface area contributed by atoms with Gasteiger partial charge in [-0.25, -0.2) is 0 Å². The van der Waals surface area contributed by atoms with Crippen LogP contribution in [0.4, 0.5) is 11.4 Å². The van der Waals surface area contributed by atoms with Crippen LogP contribution in [-0.4, -0.2) is 36.4 Å². The third-order valence-electron chi connectivity index (χ3n) is 4.93. The minimum atomic E-state index is -0.487. The molecule has 1 fully saturated rings. The SMILES string of the molecule is O=C(CNC(=O)C1CCN(c2ccccc2[N+](=O)[O-])CC1)OCc1ccccc1. The van der Waals surface area contributed by atoms with Crippen LogP contribution in [0.1, 0.15) is 18.4 Å². The molecule has 29 heavy (non-hydrogen) atoms. The molecule has 1 amide bonds. The van der Waals surface area contributed by atoms with Gasteiger partial charge in [-0.15, -0.1) is 0 Å². The monoisotopic (exact) mass is 397 g/mol.